The van der Waals surface area contributed by atoms with Crippen LogP contribution in [0.25, 0.3) is 0 Å². The molecule has 1 fully saturated rings. The number of halogens is 2. The Labute approximate surface area is 129 Å². The molecule has 0 unspecified atom stereocenters. The van der Waals surface area contributed by atoms with Gasteiger partial charge in [0.2, 0.25) is 5.91 Å². The lowest BCUT2D eigenvalue weighted by molar-refractivity contribution is -0.120. The monoisotopic (exact) mass is 346 g/mol. The second kappa shape index (κ2) is 7.88. The molecule has 1 atom stereocenters. The van der Waals surface area contributed by atoms with Crippen molar-refractivity contribution >= 4 is 39.9 Å². The maximum atomic E-state index is 12.2. The van der Waals surface area contributed by atoms with Crippen molar-refractivity contribution in [2.24, 2.45) is 5.92 Å². The normalized spacial score (nSPS) is 18.5. The fourth-order valence-corrected chi connectivity index (χ4v) is 2.70. The molecule has 1 aliphatic rings. The van der Waals surface area contributed by atoms with Gasteiger partial charge in [0.15, 0.2) is 0 Å². The first-order valence-corrected chi connectivity index (χ1v) is 7.30. The molecule has 1 aromatic carbocycles. The first-order valence-electron chi connectivity index (χ1n) is 6.50. The number of benzene rings is 1. The third-order valence-corrected chi connectivity index (χ3v) is 3.87. The predicted octanol–water partition coefficient (Wildman–Crippen LogP) is 3.37. The summed E-state index contributed by atoms with van der Waals surface area (Å²) in [6, 6.07) is 6.00. The van der Waals surface area contributed by atoms with E-state index in [0.29, 0.717) is 0 Å². The molecule has 19 heavy (non-hydrogen) atoms. The summed E-state index contributed by atoms with van der Waals surface area (Å²) in [4.78, 5) is 12.2. The van der Waals surface area contributed by atoms with Gasteiger partial charge in [-0.25, -0.2) is 0 Å². The van der Waals surface area contributed by atoms with Crippen molar-refractivity contribution in [1.29, 1.82) is 0 Å². The smallest absolute Gasteiger partial charge is 0.228 e. The van der Waals surface area contributed by atoms with E-state index >= 15 is 0 Å². The Morgan fingerprint density at radius 3 is 2.95 bits per heavy atom. The minimum atomic E-state index is 0. The standard InChI is InChI=1S/C14H19BrN2O.ClH/c1-2-10-8-12(15)5-6-13(10)17-14(18)11-4-3-7-16-9-11;/h5-6,8,11,16H,2-4,7,9H2,1H3,(H,17,18);1H/t11-;/m1./s1. The molecule has 1 aromatic rings. The van der Waals surface area contributed by atoms with Crippen LogP contribution in [0.1, 0.15) is 25.3 Å². The zero-order chi connectivity index (χ0) is 13.0. The van der Waals surface area contributed by atoms with Crippen LogP contribution in [0, 0.1) is 5.92 Å². The van der Waals surface area contributed by atoms with Crippen LogP contribution in [0.4, 0.5) is 5.69 Å². The maximum Gasteiger partial charge on any atom is 0.228 e. The van der Waals surface area contributed by atoms with E-state index in [1.807, 2.05) is 12.1 Å². The fourth-order valence-electron chi connectivity index (χ4n) is 2.29. The van der Waals surface area contributed by atoms with E-state index in [-0.39, 0.29) is 24.2 Å². The molecule has 0 saturated carbocycles. The molecule has 1 saturated heterocycles. The average molecular weight is 348 g/mol. The molecule has 0 spiro atoms. The molecule has 106 valence electrons. The summed E-state index contributed by atoms with van der Waals surface area (Å²) < 4.78 is 1.05. The predicted molar refractivity (Wildman–Crippen MR) is 85.0 cm³/mol. The van der Waals surface area contributed by atoms with E-state index in [1.54, 1.807) is 0 Å². The summed E-state index contributed by atoms with van der Waals surface area (Å²) in [7, 11) is 0. The van der Waals surface area contributed by atoms with Crippen LogP contribution in [0.5, 0.6) is 0 Å². The highest BCUT2D eigenvalue weighted by Gasteiger charge is 2.21. The summed E-state index contributed by atoms with van der Waals surface area (Å²) >= 11 is 3.46. The van der Waals surface area contributed by atoms with Crippen molar-refractivity contribution in [3.05, 3.63) is 28.2 Å². The largest absolute Gasteiger partial charge is 0.326 e. The highest BCUT2D eigenvalue weighted by Crippen LogP contribution is 2.23. The van der Waals surface area contributed by atoms with E-state index in [1.165, 1.54) is 5.56 Å². The Balaban J connectivity index is 0.00000180. The number of hydrogen-bond donors (Lipinski definition) is 2. The van der Waals surface area contributed by atoms with Crippen LogP contribution in [0.2, 0.25) is 0 Å². The quantitative estimate of drug-likeness (QED) is 0.880. The van der Waals surface area contributed by atoms with E-state index in [4.69, 9.17) is 0 Å². The zero-order valence-electron chi connectivity index (χ0n) is 11.0. The van der Waals surface area contributed by atoms with Gasteiger partial charge in [-0.05, 0) is 49.6 Å². The lowest BCUT2D eigenvalue weighted by Gasteiger charge is -2.22. The lowest BCUT2D eigenvalue weighted by atomic mass is 9.98. The van der Waals surface area contributed by atoms with Gasteiger partial charge >= 0.3 is 0 Å². The van der Waals surface area contributed by atoms with Crippen molar-refractivity contribution in [3.8, 4) is 0 Å². The van der Waals surface area contributed by atoms with Gasteiger partial charge in [0, 0.05) is 16.7 Å². The molecule has 1 aliphatic heterocycles. The van der Waals surface area contributed by atoms with Crippen LogP contribution in [-0.2, 0) is 11.2 Å². The highest BCUT2D eigenvalue weighted by molar-refractivity contribution is 9.10. The molecule has 0 aliphatic carbocycles. The Hall–Kier alpha value is -0.580. The van der Waals surface area contributed by atoms with Crippen molar-refractivity contribution < 1.29 is 4.79 Å². The molecule has 0 radical (unpaired) electrons. The van der Waals surface area contributed by atoms with Crippen molar-refractivity contribution in [2.75, 3.05) is 18.4 Å². The Kier molecular flexibility index (Phi) is 6.83. The van der Waals surface area contributed by atoms with Crippen LogP contribution in [0.3, 0.4) is 0 Å². The minimum absolute atomic E-state index is 0. The van der Waals surface area contributed by atoms with Gasteiger partial charge in [0.05, 0.1) is 5.92 Å². The first-order chi connectivity index (χ1) is 8.70. The number of carbonyl (C=O) groups excluding carboxylic acids is 1. The van der Waals surface area contributed by atoms with Crippen LogP contribution >= 0.6 is 28.3 Å². The average Bonchev–Trinajstić information content (AvgIpc) is 2.41. The van der Waals surface area contributed by atoms with Crippen LogP contribution in [0.15, 0.2) is 22.7 Å². The van der Waals surface area contributed by atoms with Crippen molar-refractivity contribution in [3.63, 3.8) is 0 Å². The van der Waals surface area contributed by atoms with Crippen LogP contribution < -0.4 is 10.6 Å². The summed E-state index contributed by atoms with van der Waals surface area (Å²) in [5.41, 5.74) is 2.11. The third kappa shape index (κ3) is 4.48. The molecule has 1 heterocycles. The Bertz CT molecular complexity index is 433. The maximum absolute atomic E-state index is 12.2. The molecular formula is C14H20BrClN2O. The van der Waals surface area contributed by atoms with Gasteiger partial charge in [-0.3, -0.25) is 4.79 Å². The van der Waals surface area contributed by atoms with Gasteiger partial charge in [-0.2, -0.15) is 0 Å². The molecule has 0 aromatic heterocycles. The van der Waals surface area contributed by atoms with E-state index in [0.717, 1.165) is 42.5 Å². The summed E-state index contributed by atoms with van der Waals surface area (Å²) in [5, 5.41) is 6.33. The van der Waals surface area contributed by atoms with Crippen LogP contribution in [-0.4, -0.2) is 19.0 Å². The number of piperidine rings is 1. The van der Waals surface area contributed by atoms with Gasteiger partial charge in [0.1, 0.15) is 0 Å². The molecule has 1 amide bonds. The molecular weight excluding hydrogens is 328 g/mol. The number of aryl methyl sites for hydroxylation is 1. The third-order valence-electron chi connectivity index (χ3n) is 3.37. The second-order valence-electron chi connectivity index (χ2n) is 4.69. The number of carbonyl (C=O) groups is 1. The summed E-state index contributed by atoms with van der Waals surface area (Å²) in [6.45, 7) is 3.92. The number of nitrogens with one attached hydrogen (secondary N) is 2. The number of hydrogen-bond acceptors (Lipinski definition) is 2. The first kappa shape index (κ1) is 16.5. The van der Waals surface area contributed by atoms with Gasteiger partial charge in [0.25, 0.3) is 0 Å². The number of amides is 1. The van der Waals surface area contributed by atoms with Gasteiger partial charge < -0.3 is 10.6 Å². The molecule has 2 rings (SSSR count). The van der Waals surface area contributed by atoms with Crippen molar-refractivity contribution in [1.82, 2.24) is 5.32 Å². The topological polar surface area (TPSA) is 41.1 Å². The summed E-state index contributed by atoms with van der Waals surface area (Å²) in [6.07, 6.45) is 2.98. The number of rotatable bonds is 3. The molecule has 0 bridgehead atoms. The Morgan fingerprint density at radius 1 is 1.53 bits per heavy atom. The minimum Gasteiger partial charge on any atom is -0.326 e. The van der Waals surface area contributed by atoms with Gasteiger partial charge in [-0.1, -0.05) is 22.9 Å². The molecule has 5 heteroatoms. The summed E-state index contributed by atoms with van der Waals surface area (Å²) in [5.74, 6) is 0.242. The molecule has 2 N–H and O–H groups in total. The second-order valence-corrected chi connectivity index (χ2v) is 5.60. The van der Waals surface area contributed by atoms with Gasteiger partial charge in [-0.15, -0.1) is 12.4 Å². The SMILES string of the molecule is CCc1cc(Br)ccc1NC(=O)[C@@H]1CCCNC1.Cl. The van der Waals surface area contributed by atoms with E-state index in [9.17, 15) is 4.79 Å². The zero-order valence-corrected chi connectivity index (χ0v) is 13.4. The lowest BCUT2D eigenvalue weighted by Crippen LogP contribution is -2.37. The van der Waals surface area contributed by atoms with E-state index in [2.05, 4.69) is 39.6 Å². The molecule has 3 nitrogen and oxygen atoms in total. The van der Waals surface area contributed by atoms with E-state index < -0.39 is 0 Å². The number of anilines is 1. The fraction of sp³-hybridized carbons (Fsp3) is 0.500. The van der Waals surface area contributed by atoms with Crippen molar-refractivity contribution in [2.45, 2.75) is 26.2 Å². The highest BCUT2D eigenvalue weighted by atomic mass is 79.9. The Morgan fingerprint density at radius 2 is 2.32 bits per heavy atom.